The molecule has 1 aliphatic carbocycles. The number of fused-ring (bicyclic) bond motifs is 1. The van der Waals surface area contributed by atoms with Gasteiger partial charge in [-0.2, -0.15) is 0 Å². The number of methoxy groups -OCH3 is 3. The number of esters is 1. The Balaban J connectivity index is 1.84. The second kappa shape index (κ2) is 9.08. The molecule has 1 fully saturated rings. The number of benzene rings is 2. The summed E-state index contributed by atoms with van der Waals surface area (Å²) in [6.45, 7) is 0.308. The lowest BCUT2D eigenvalue weighted by molar-refractivity contribution is 0.0601. The van der Waals surface area contributed by atoms with Crippen LogP contribution in [0.15, 0.2) is 41.2 Å². The van der Waals surface area contributed by atoms with Crippen LogP contribution in [-0.4, -0.2) is 47.6 Å². The molecule has 0 bridgehead atoms. The first kappa shape index (κ1) is 22.0. The van der Waals surface area contributed by atoms with Crippen molar-refractivity contribution in [2.24, 2.45) is 0 Å². The van der Waals surface area contributed by atoms with E-state index in [1.54, 1.807) is 43.1 Å². The zero-order chi connectivity index (χ0) is 22.8. The molecule has 0 radical (unpaired) electrons. The Morgan fingerprint density at radius 1 is 0.969 bits per heavy atom. The van der Waals surface area contributed by atoms with Crippen molar-refractivity contribution in [2.75, 3.05) is 21.3 Å². The SMILES string of the molecule is COC(=O)c1ccc2c(c1)n(Cc1ccc(OC)c(OC)c1)c(=O)n2[C@H]1CC[C@H](O)CC1. The molecule has 4 rings (SSSR count). The van der Waals surface area contributed by atoms with Gasteiger partial charge in [0, 0.05) is 6.04 Å². The minimum absolute atomic E-state index is 0.00373. The summed E-state index contributed by atoms with van der Waals surface area (Å²) in [7, 11) is 4.48. The van der Waals surface area contributed by atoms with Gasteiger partial charge in [0.15, 0.2) is 11.5 Å². The smallest absolute Gasteiger partial charge is 0.337 e. The predicted molar refractivity (Wildman–Crippen MR) is 120 cm³/mol. The van der Waals surface area contributed by atoms with Crippen LogP contribution in [0.25, 0.3) is 11.0 Å². The zero-order valence-electron chi connectivity index (χ0n) is 18.5. The number of rotatable bonds is 6. The molecule has 0 unspecified atom stereocenters. The van der Waals surface area contributed by atoms with Crippen LogP contribution in [-0.2, 0) is 11.3 Å². The molecule has 3 aromatic rings. The molecule has 1 saturated carbocycles. The summed E-state index contributed by atoms with van der Waals surface area (Å²) < 4.78 is 19.1. The van der Waals surface area contributed by atoms with Gasteiger partial charge in [-0.25, -0.2) is 9.59 Å². The molecule has 8 heteroatoms. The summed E-state index contributed by atoms with van der Waals surface area (Å²) >= 11 is 0. The molecule has 170 valence electrons. The topological polar surface area (TPSA) is 91.9 Å². The first-order chi connectivity index (χ1) is 15.5. The molecule has 2 aromatic carbocycles. The number of aliphatic hydroxyl groups excluding tert-OH is 1. The average Bonchev–Trinajstić information content (AvgIpc) is 3.09. The molecule has 0 atom stereocenters. The number of hydrogen-bond acceptors (Lipinski definition) is 6. The summed E-state index contributed by atoms with van der Waals surface area (Å²) in [5.74, 6) is 0.739. The predicted octanol–water partition coefficient (Wildman–Crippen LogP) is 3.13. The van der Waals surface area contributed by atoms with Crippen molar-refractivity contribution in [1.29, 1.82) is 0 Å². The van der Waals surface area contributed by atoms with E-state index in [0.29, 0.717) is 42.0 Å². The number of hydrogen-bond donors (Lipinski definition) is 1. The van der Waals surface area contributed by atoms with Crippen molar-refractivity contribution < 1.29 is 24.1 Å². The highest BCUT2D eigenvalue weighted by molar-refractivity contribution is 5.93. The zero-order valence-corrected chi connectivity index (χ0v) is 18.5. The standard InChI is InChI=1S/C24H28N2O6/c1-30-21-11-4-15(12-22(21)31-2)14-25-20-13-16(23(28)32-3)5-10-19(20)26(24(25)29)17-6-8-18(27)9-7-17/h4-5,10-13,17-18,27H,6-9,14H2,1-3H3/t17-,18-. The number of aromatic nitrogens is 2. The van der Waals surface area contributed by atoms with Gasteiger partial charge in [-0.05, 0) is 61.6 Å². The molecule has 32 heavy (non-hydrogen) atoms. The Morgan fingerprint density at radius 2 is 1.69 bits per heavy atom. The van der Waals surface area contributed by atoms with Crippen LogP contribution in [0.4, 0.5) is 0 Å². The molecule has 0 saturated heterocycles. The number of carbonyl (C=O) groups excluding carboxylic acids is 1. The largest absolute Gasteiger partial charge is 0.493 e. The Labute approximate surface area is 185 Å². The van der Waals surface area contributed by atoms with Crippen LogP contribution in [0, 0.1) is 0 Å². The van der Waals surface area contributed by atoms with Crippen molar-refractivity contribution in [3.63, 3.8) is 0 Å². The maximum absolute atomic E-state index is 13.6. The van der Waals surface area contributed by atoms with E-state index in [0.717, 1.165) is 23.9 Å². The van der Waals surface area contributed by atoms with Crippen LogP contribution < -0.4 is 15.2 Å². The van der Waals surface area contributed by atoms with E-state index in [-0.39, 0.29) is 17.8 Å². The Hall–Kier alpha value is -3.26. The minimum atomic E-state index is -0.453. The quantitative estimate of drug-likeness (QED) is 0.592. The number of imidazole rings is 1. The van der Waals surface area contributed by atoms with Crippen molar-refractivity contribution in [2.45, 2.75) is 44.4 Å². The van der Waals surface area contributed by atoms with Gasteiger partial charge < -0.3 is 19.3 Å². The molecule has 1 heterocycles. The first-order valence-corrected chi connectivity index (χ1v) is 10.7. The molecule has 1 N–H and O–H groups in total. The highest BCUT2D eigenvalue weighted by atomic mass is 16.5. The summed E-state index contributed by atoms with van der Waals surface area (Å²) in [5, 5.41) is 9.91. The fourth-order valence-corrected chi connectivity index (χ4v) is 4.51. The third-order valence-electron chi connectivity index (χ3n) is 6.20. The van der Waals surface area contributed by atoms with Gasteiger partial charge in [-0.15, -0.1) is 0 Å². The lowest BCUT2D eigenvalue weighted by Gasteiger charge is -2.26. The Morgan fingerprint density at radius 3 is 2.34 bits per heavy atom. The van der Waals surface area contributed by atoms with Crippen molar-refractivity contribution in [1.82, 2.24) is 9.13 Å². The highest BCUT2D eigenvalue weighted by Gasteiger charge is 2.26. The minimum Gasteiger partial charge on any atom is -0.493 e. The van der Waals surface area contributed by atoms with E-state index in [1.165, 1.54) is 7.11 Å². The summed E-state index contributed by atoms with van der Waals surface area (Å²) in [6, 6.07) is 10.7. The van der Waals surface area contributed by atoms with Gasteiger partial charge in [0.25, 0.3) is 0 Å². The molecule has 8 nitrogen and oxygen atoms in total. The van der Waals surface area contributed by atoms with Crippen molar-refractivity contribution >= 4 is 17.0 Å². The highest BCUT2D eigenvalue weighted by Crippen LogP contribution is 2.32. The van der Waals surface area contributed by atoms with Gasteiger partial charge in [0.1, 0.15) is 0 Å². The second-order valence-electron chi connectivity index (χ2n) is 8.09. The molecule has 0 amide bonds. The molecule has 0 aliphatic heterocycles. The number of nitrogens with zero attached hydrogens (tertiary/aromatic N) is 2. The number of carbonyl (C=O) groups is 1. The lowest BCUT2D eigenvalue weighted by atomic mass is 9.93. The van der Waals surface area contributed by atoms with E-state index < -0.39 is 5.97 Å². The van der Waals surface area contributed by atoms with Crippen LogP contribution >= 0.6 is 0 Å². The maximum Gasteiger partial charge on any atom is 0.337 e. The maximum atomic E-state index is 13.6. The van der Waals surface area contributed by atoms with E-state index in [2.05, 4.69) is 0 Å². The van der Waals surface area contributed by atoms with Crippen molar-refractivity contribution in [3.8, 4) is 11.5 Å². The van der Waals surface area contributed by atoms with E-state index in [1.807, 2.05) is 16.7 Å². The van der Waals surface area contributed by atoms with Crippen LogP contribution in [0.1, 0.15) is 47.6 Å². The van der Waals surface area contributed by atoms with E-state index in [9.17, 15) is 14.7 Å². The average molecular weight is 440 g/mol. The Bertz CT molecular complexity index is 1190. The summed E-state index contributed by atoms with van der Waals surface area (Å²) in [5.41, 5.74) is 2.55. The normalized spacial score (nSPS) is 18.5. The van der Waals surface area contributed by atoms with Gasteiger partial charge in [0.2, 0.25) is 0 Å². The number of ether oxygens (including phenoxy) is 3. The fraction of sp³-hybridized carbons (Fsp3) is 0.417. The van der Waals surface area contributed by atoms with E-state index >= 15 is 0 Å². The molecule has 0 spiro atoms. The van der Waals surface area contributed by atoms with Gasteiger partial charge in [-0.3, -0.25) is 9.13 Å². The van der Waals surface area contributed by atoms with Gasteiger partial charge in [-0.1, -0.05) is 6.07 Å². The Kier molecular flexibility index (Phi) is 6.23. The molecular formula is C24H28N2O6. The first-order valence-electron chi connectivity index (χ1n) is 10.7. The molecule has 1 aromatic heterocycles. The fourth-order valence-electron chi connectivity index (χ4n) is 4.51. The second-order valence-corrected chi connectivity index (χ2v) is 8.09. The third-order valence-corrected chi connectivity index (χ3v) is 6.20. The summed E-state index contributed by atoms with van der Waals surface area (Å²) in [4.78, 5) is 25.7. The lowest BCUT2D eigenvalue weighted by Crippen LogP contribution is -2.31. The van der Waals surface area contributed by atoms with Gasteiger partial charge >= 0.3 is 11.7 Å². The van der Waals surface area contributed by atoms with Crippen LogP contribution in [0.5, 0.6) is 11.5 Å². The molecule has 1 aliphatic rings. The molecular weight excluding hydrogens is 412 g/mol. The van der Waals surface area contributed by atoms with Crippen LogP contribution in [0.3, 0.4) is 0 Å². The van der Waals surface area contributed by atoms with Gasteiger partial charge in [0.05, 0.1) is 50.6 Å². The van der Waals surface area contributed by atoms with E-state index in [4.69, 9.17) is 14.2 Å². The van der Waals surface area contributed by atoms with Crippen LogP contribution in [0.2, 0.25) is 0 Å². The third kappa shape index (κ3) is 3.98. The van der Waals surface area contributed by atoms with Crippen molar-refractivity contribution in [3.05, 3.63) is 58.0 Å². The number of aliphatic hydroxyl groups is 1. The summed E-state index contributed by atoms with van der Waals surface area (Å²) in [6.07, 6.45) is 2.48. The monoisotopic (exact) mass is 440 g/mol.